The van der Waals surface area contributed by atoms with E-state index >= 15 is 0 Å². The van der Waals surface area contributed by atoms with E-state index in [2.05, 4.69) is 0 Å². The summed E-state index contributed by atoms with van der Waals surface area (Å²) >= 11 is 0. The van der Waals surface area contributed by atoms with Crippen LogP contribution in [0.5, 0.6) is 0 Å². The van der Waals surface area contributed by atoms with E-state index in [1.165, 1.54) is 0 Å². The average Bonchev–Trinajstić information content (AvgIpc) is 2.92. The van der Waals surface area contributed by atoms with Crippen LogP contribution in [0.4, 0.5) is 0 Å². The van der Waals surface area contributed by atoms with Crippen molar-refractivity contribution in [3.05, 3.63) is 35.9 Å². The molecule has 1 amide bonds. The van der Waals surface area contributed by atoms with Crippen LogP contribution in [0.15, 0.2) is 30.3 Å². The number of amides is 1. The van der Waals surface area contributed by atoms with Crippen LogP contribution in [0, 0.1) is 0 Å². The molecule has 0 spiro atoms. The summed E-state index contributed by atoms with van der Waals surface area (Å²) < 4.78 is 10.4. The Labute approximate surface area is 119 Å². The number of rotatable bonds is 6. The lowest BCUT2D eigenvalue weighted by molar-refractivity contribution is -0.138. The Kier molecular flexibility index (Phi) is 5.11. The Bertz CT molecular complexity index is 430. The third kappa shape index (κ3) is 3.56. The first kappa shape index (κ1) is 15.0. The van der Waals surface area contributed by atoms with E-state index in [1.54, 1.807) is 12.0 Å². The Balaban J connectivity index is 2.08. The minimum atomic E-state index is -0.886. The predicted molar refractivity (Wildman–Crippen MR) is 76.1 cm³/mol. The molecule has 1 aromatic carbocycles. The number of hydrogen-bond acceptors (Lipinski definition) is 4. The van der Waals surface area contributed by atoms with Crippen molar-refractivity contribution in [1.82, 2.24) is 4.90 Å². The van der Waals surface area contributed by atoms with Gasteiger partial charge in [0.15, 0.2) is 0 Å². The van der Waals surface area contributed by atoms with E-state index in [4.69, 9.17) is 15.2 Å². The first-order valence-corrected chi connectivity index (χ1v) is 6.84. The summed E-state index contributed by atoms with van der Waals surface area (Å²) in [5.74, 6) is -0.0593. The summed E-state index contributed by atoms with van der Waals surface area (Å²) in [5, 5.41) is 0. The van der Waals surface area contributed by atoms with Crippen molar-refractivity contribution in [3.8, 4) is 0 Å². The largest absolute Gasteiger partial charge is 0.383 e. The Hall–Kier alpha value is -1.43. The smallest absolute Gasteiger partial charge is 0.245 e. The maximum atomic E-state index is 12.6. The Morgan fingerprint density at radius 3 is 2.80 bits per heavy atom. The fraction of sp³-hybridized carbons (Fsp3) is 0.533. The molecule has 0 bridgehead atoms. The van der Waals surface area contributed by atoms with E-state index in [0.717, 1.165) is 5.56 Å². The van der Waals surface area contributed by atoms with Gasteiger partial charge in [0.25, 0.3) is 0 Å². The van der Waals surface area contributed by atoms with Gasteiger partial charge in [-0.25, -0.2) is 0 Å². The van der Waals surface area contributed by atoms with Crippen molar-refractivity contribution in [2.45, 2.75) is 18.5 Å². The maximum Gasteiger partial charge on any atom is 0.245 e. The molecule has 5 nitrogen and oxygen atoms in total. The fourth-order valence-electron chi connectivity index (χ4n) is 2.32. The standard InChI is InChI=1S/C15H22N2O3/c1-19-10-8-17(11-13-5-3-2-4-6-13)14(18)15(16)7-9-20-12-15/h2-6H,7-12,16H2,1H3. The number of ether oxygens (including phenoxy) is 2. The number of nitrogens with zero attached hydrogens (tertiary/aromatic N) is 1. The minimum absolute atomic E-state index is 0.0593. The molecule has 110 valence electrons. The molecule has 1 aliphatic heterocycles. The molecule has 1 fully saturated rings. The van der Waals surface area contributed by atoms with Gasteiger partial charge >= 0.3 is 0 Å². The number of methoxy groups -OCH3 is 1. The molecule has 1 atom stereocenters. The number of hydrogen-bond donors (Lipinski definition) is 1. The zero-order valence-corrected chi connectivity index (χ0v) is 11.9. The van der Waals surface area contributed by atoms with E-state index in [-0.39, 0.29) is 5.91 Å². The molecule has 2 rings (SSSR count). The Morgan fingerprint density at radius 2 is 2.20 bits per heavy atom. The summed E-state index contributed by atoms with van der Waals surface area (Å²) in [6.45, 7) is 2.41. The highest BCUT2D eigenvalue weighted by Gasteiger charge is 2.40. The average molecular weight is 278 g/mol. The van der Waals surface area contributed by atoms with Crippen molar-refractivity contribution in [3.63, 3.8) is 0 Å². The summed E-state index contributed by atoms with van der Waals surface area (Å²) in [6.07, 6.45) is 0.574. The van der Waals surface area contributed by atoms with Gasteiger partial charge in [-0.3, -0.25) is 4.79 Å². The first-order valence-electron chi connectivity index (χ1n) is 6.84. The molecule has 0 aliphatic carbocycles. The summed E-state index contributed by atoms with van der Waals surface area (Å²) in [7, 11) is 1.63. The fourth-order valence-corrected chi connectivity index (χ4v) is 2.32. The molecule has 20 heavy (non-hydrogen) atoms. The lowest BCUT2D eigenvalue weighted by atomic mass is 9.98. The normalized spacial score (nSPS) is 21.9. The summed E-state index contributed by atoms with van der Waals surface area (Å²) in [5.41, 5.74) is 6.37. The third-order valence-electron chi connectivity index (χ3n) is 3.55. The van der Waals surface area contributed by atoms with Crippen LogP contribution in [0.1, 0.15) is 12.0 Å². The molecular weight excluding hydrogens is 256 g/mol. The lowest BCUT2D eigenvalue weighted by Crippen LogP contribution is -2.56. The quantitative estimate of drug-likeness (QED) is 0.835. The highest BCUT2D eigenvalue weighted by molar-refractivity contribution is 5.86. The van der Waals surface area contributed by atoms with Crippen LogP contribution in [0.2, 0.25) is 0 Å². The number of benzene rings is 1. The van der Waals surface area contributed by atoms with Gasteiger partial charge in [-0.05, 0) is 12.0 Å². The van der Waals surface area contributed by atoms with Crippen molar-refractivity contribution >= 4 is 5.91 Å². The molecule has 0 aromatic heterocycles. The molecule has 0 saturated carbocycles. The van der Waals surface area contributed by atoms with Crippen LogP contribution >= 0.6 is 0 Å². The van der Waals surface area contributed by atoms with E-state index in [0.29, 0.717) is 39.3 Å². The molecule has 1 aliphatic rings. The van der Waals surface area contributed by atoms with Crippen molar-refractivity contribution in [2.75, 3.05) is 33.5 Å². The zero-order chi connectivity index (χ0) is 14.4. The monoisotopic (exact) mass is 278 g/mol. The molecule has 1 heterocycles. The van der Waals surface area contributed by atoms with Crippen molar-refractivity contribution < 1.29 is 14.3 Å². The SMILES string of the molecule is COCCN(Cc1ccccc1)C(=O)C1(N)CCOC1. The summed E-state index contributed by atoms with van der Waals surface area (Å²) in [4.78, 5) is 14.4. The number of nitrogens with two attached hydrogens (primary N) is 1. The lowest BCUT2D eigenvalue weighted by Gasteiger charge is -2.30. The maximum absolute atomic E-state index is 12.6. The van der Waals surface area contributed by atoms with Gasteiger partial charge in [0.1, 0.15) is 5.54 Å². The molecule has 1 aromatic rings. The molecule has 2 N–H and O–H groups in total. The second kappa shape index (κ2) is 6.83. The molecule has 5 heteroatoms. The topological polar surface area (TPSA) is 64.8 Å². The van der Waals surface area contributed by atoms with Crippen LogP contribution in [-0.2, 0) is 20.8 Å². The van der Waals surface area contributed by atoms with Gasteiger partial charge < -0.3 is 20.1 Å². The van der Waals surface area contributed by atoms with Crippen molar-refractivity contribution in [2.24, 2.45) is 5.73 Å². The van der Waals surface area contributed by atoms with Crippen LogP contribution < -0.4 is 5.73 Å². The second-order valence-corrected chi connectivity index (χ2v) is 5.16. The van der Waals surface area contributed by atoms with Crippen LogP contribution in [0.3, 0.4) is 0 Å². The second-order valence-electron chi connectivity index (χ2n) is 5.16. The van der Waals surface area contributed by atoms with Gasteiger partial charge in [0.2, 0.25) is 5.91 Å². The number of carbonyl (C=O) groups excluding carboxylic acids is 1. The molecule has 1 unspecified atom stereocenters. The van der Waals surface area contributed by atoms with Gasteiger partial charge in [0.05, 0.1) is 13.2 Å². The van der Waals surface area contributed by atoms with Gasteiger partial charge in [0, 0.05) is 26.8 Å². The number of carbonyl (C=O) groups is 1. The van der Waals surface area contributed by atoms with Gasteiger partial charge in [-0.15, -0.1) is 0 Å². The zero-order valence-electron chi connectivity index (χ0n) is 11.9. The van der Waals surface area contributed by atoms with E-state index in [9.17, 15) is 4.79 Å². The summed E-state index contributed by atoms with van der Waals surface area (Å²) in [6, 6.07) is 9.89. The highest BCUT2D eigenvalue weighted by Crippen LogP contribution is 2.19. The van der Waals surface area contributed by atoms with E-state index in [1.807, 2.05) is 30.3 Å². The van der Waals surface area contributed by atoms with Crippen LogP contribution in [0.25, 0.3) is 0 Å². The highest BCUT2D eigenvalue weighted by atomic mass is 16.5. The Morgan fingerprint density at radius 1 is 1.45 bits per heavy atom. The van der Waals surface area contributed by atoms with Crippen LogP contribution in [-0.4, -0.2) is 49.8 Å². The van der Waals surface area contributed by atoms with Crippen molar-refractivity contribution in [1.29, 1.82) is 0 Å². The molecular formula is C15H22N2O3. The first-order chi connectivity index (χ1) is 9.65. The van der Waals surface area contributed by atoms with Gasteiger partial charge in [-0.1, -0.05) is 30.3 Å². The molecule has 1 saturated heterocycles. The predicted octanol–water partition coefficient (Wildman–Crippen LogP) is 0.779. The van der Waals surface area contributed by atoms with Gasteiger partial charge in [-0.2, -0.15) is 0 Å². The third-order valence-corrected chi connectivity index (χ3v) is 3.55. The molecule has 0 radical (unpaired) electrons. The minimum Gasteiger partial charge on any atom is -0.383 e. The van der Waals surface area contributed by atoms with E-state index < -0.39 is 5.54 Å².